The summed E-state index contributed by atoms with van der Waals surface area (Å²) >= 11 is 0. The van der Waals surface area contributed by atoms with E-state index in [1.807, 2.05) is 30.3 Å². The number of aliphatic imine (C=N–C) groups is 1. The van der Waals surface area contributed by atoms with Crippen LogP contribution in [0.2, 0.25) is 0 Å². The largest absolute Gasteiger partial charge is 0.457 e. The van der Waals surface area contributed by atoms with Crippen molar-refractivity contribution in [3.05, 3.63) is 84.7 Å². The number of carbonyl (C=O) groups is 2. The minimum atomic E-state index is -0.901. The minimum absolute atomic E-state index is 0.0813. The second kappa shape index (κ2) is 9.08. The van der Waals surface area contributed by atoms with Gasteiger partial charge in [0.05, 0.1) is 6.42 Å². The molecule has 0 saturated heterocycles. The predicted molar refractivity (Wildman–Crippen MR) is 116 cm³/mol. The van der Waals surface area contributed by atoms with Gasteiger partial charge in [0.25, 0.3) is 0 Å². The highest BCUT2D eigenvalue weighted by molar-refractivity contribution is 6.10. The molecule has 1 aliphatic heterocycles. The maximum absolute atomic E-state index is 13.0. The Labute approximate surface area is 178 Å². The van der Waals surface area contributed by atoms with Crippen LogP contribution in [0.3, 0.4) is 0 Å². The van der Waals surface area contributed by atoms with E-state index in [4.69, 9.17) is 4.74 Å². The average Bonchev–Trinajstić information content (AvgIpc) is 2.77. The van der Waals surface area contributed by atoms with Crippen LogP contribution in [0.1, 0.15) is 6.42 Å². The molecule has 3 aromatic carbocycles. The van der Waals surface area contributed by atoms with Crippen molar-refractivity contribution in [3.8, 4) is 11.5 Å². The number of para-hydroxylation sites is 1. The lowest BCUT2D eigenvalue weighted by atomic mass is 10.1. The first-order chi connectivity index (χ1) is 15.0. The summed E-state index contributed by atoms with van der Waals surface area (Å²) in [5.41, 5.74) is 1.09. The van der Waals surface area contributed by atoms with Gasteiger partial charge >= 0.3 is 0 Å². The number of benzene rings is 3. The Morgan fingerprint density at radius 2 is 1.58 bits per heavy atom. The number of nitrogens with zero attached hydrogens (tertiary/aromatic N) is 1. The Balaban J connectivity index is 1.41. The van der Waals surface area contributed by atoms with E-state index in [1.54, 1.807) is 24.3 Å². The second-order valence-corrected chi connectivity index (χ2v) is 6.81. The predicted octanol–water partition coefficient (Wildman–Crippen LogP) is 3.91. The summed E-state index contributed by atoms with van der Waals surface area (Å²) in [6.45, 7) is 0. The fraction of sp³-hybridized carbons (Fsp3) is 0.0870. The van der Waals surface area contributed by atoms with Gasteiger partial charge in [0.2, 0.25) is 17.8 Å². The number of nitrogens with one attached hydrogen (secondary N) is 3. The van der Waals surface area contributed by atoms with Crippen molar-refractivity contribution in [2.45, 2.75) is 12.5 Å². The number of amides is 2. The molecule has 8 heteroatoms. The Morgan fingerprint density at radius 3 is 2.29 bits per heavy atom. The first-order valence-corrected chi connectivity index (χ1v) is 9.59. The van der Waals surface area contributed by atoms with E-state index < -0.39 is 17.8 Å². The van der Waals surface area contributed by atoms with Crippen molar-refractivity contribution in [2.24, 2.45) is 4.99 Å². The quantitative estimate of drug-likeness (QED) is 0.586. The third kappa shape index (κ3) is 5.45. The Morgan fingerprint density at radius 1 is 0.935 bits per heavy atom. The van der Waals surface area contributed by atoms with Gasteiger partial charge in [-0.2, -0.15) is 0 Å². The number of hydrogen-bond donors (Lipinski definition) is 3. The summed E-state index contributed by atoms with van der Waals surface area (Å²) in [5.74, 6) is 0.366. The van der Waals surface area contributed by atoms with Gasteiger partial charge in [-0.3, -0.25) is 14.9 Å². The standard InChI is InChI=1S/C23H19FN4O3/c24-15-6-8-16(9-7-15)25-22(30)20-14-21(29)28-23(27-20)26-17-10-12-19(13-11-17)31-18-4-2-1-3-5-18/h1-13,20H,14H2,(H,25,30)(H2,26,27,28,29). The van der Waals surface area contributed by atoms with Gasteiger partial charge in [-0.05, 0) is 60.7 Å². The van der Waals surface area contributed by atoms with Crippen molar-refractivity contribution in [1.29, 1.82) is 0 Å². The van der Waals surface area contributed by atoms with Crippen molar-refractivity contribution in [2.75, 3.05) is 10.6 Å². The Bertz CT molecular complexity index is 1100. The molecule has 1 atom stereocenters. The summed E-state index contributed by atoms with van der Waals surface area (Å²) in [4.78, 5) is 28.8. The zero-order valence-corrected chi connectivity index (χ0v) is 16.3. The number of guanidine groups is 1. The number of anilines is 2. The molecule has 0 aliphatic carbocycles. The summed E-state index contributed by atoms with van der Waals surface area (Å²) in [5, 5.41) is 8.24. The molecule has 1 heterocycles. The van der Waals surface area contributed by atoms with E-state index in [9.17, 15) is 14.0 Å². The lowest BCUT2D eigenvalue weighted by molar-refractivity contribution is -0.124. The molecule has 3 aromatic rings. The molecule has 1 aliphatic rings. The highest BCUT2D eigenvalue weighted by atomic mass is 19.1. The van der Waals surface area contributed by atoms with Gasteiger partial charge in [0.1, 0.15) is 23.4 Å². The van der Waals surface area contributed by atoms with Crippen LogP contribution in [0.15, 0.2) is 83.9 Å². The third-order valence-corrected chi connectivity index (χ3v) is 4.43. The first-order valence-electron chi connectivity index (χ1n) is 9.59. The van der Waals surface area contributed by atoms with Gasteiger partial charge in [0.15, 0.2) is 0 Å². The van der Waals surface area contributed by atoms with E-state index in [-0.39, 0.29) is 18.3 Å². The van der Waals surface area contributed by atoms with Crippen molar-refractivity contribution in [3.63, 3.8) is 0 Å². The zero-order valence-electron chi connectivity index (χ0n) is 16.3. The fourth-order valence-electron chi connectivity index (χ4n) is 2.93. The van der Waals surface area contributed by atoms with E-state index >= 15 is 0 Å². The SMILES string of the molecule is O=C1CC(C(=O)Nc2ccc(F)cc2)N=C(Nc2ccc(Oc3ccccc3)cc2)N1. The van der Waals surface area contributed by atoms with Crippen LogP contribution >= 0.6 is 0 Å². The third-order valence-electron chi connectivity index (χ3n) is 4.43. The molecular weight excluding hydrogens is 399 g/mol. The van der Waals surface area contributed by atoms with Crippen LogP contribution in [0.25, 0.3) is 0 Å². The van der Waals surface area contributed by atoms with Gasteiger partial charge < -0.3 is 15.4 Å². The number of hydrogen-bond acceptors (Lipinski definition) is 5. The highest BCUT2D eigenvalue weighted by Crippen LogP contribution is 2.23. The molecular formula is C23H19FN4O3. The zero-order chi connectivity index (χ0) is 21.6. The number of ether oxygens (including phenoxy) is 1. The second-order valence-electron chi connectivity index (χ2n) is 6.81. The molecule has 1 unspecified atom stereocenters. The number of rotatable bonds is 5. The molecule has 7 nitrogen and oxygen atoms in total. The lowest BCUT2D eigenvalue weighted by Gasteiger charge is -2.21. The smallest absolute Gasteiger partial charge is 0.249 e. The molecule has 0 aromatic heterocycles. The van der Waals surface area contributed by atoms with Gasteiger partial charge in [-0.1, -0.05) is 18.2 Å². The van der Waals surface area contributed by atoms with Crippen LogP contribution < -0.4 is 20.7 Å². The van der Waals surface area contributed by atoms with Crippen molar-refractivity contribution < 1.29 is 18.7 Å². The maximum Gasteiger partial charge on any atom is 0.249 e. The summed E-state index contributed by atoms with van der Waals surface area (Å²) in [7, 11) is 0. The molecule has 0 radical (unpaired) electrons. The topological polar surface area (TPSA) is 91.8 Å². The molecule has 0 fully saturated rings. The average molecular weight is 418 g/mol. The van der Waals surface area contributed by atoms with Gasteiger partial charge in [-0.15, -0.1) is 0 Å². The Kier molecular flexibility index (Phi) is 5.89. The highest BCUT2D eigenvalue weighted by Gasteiger charge is 2.27. The van der Waals surface area contributed by atoms with Gasteiger partial charge in [-0.25, -0.2) is 9.38 Å². The molecule has 156 valence electrons. The monoisotopic (exact) mass is 418 g/mol. The summed E-state index contributed by atoms with van der Waals surface area (Å²) < 4.78 is 18.8. The Hall–Kier alpha value is -4.20. The van der Waals surface area contributed by atoms with Crippen LogP contribution in [0.4, 0.5) is 15.8 Å². The summed E-state index contributed by atoms with van der Waals surface area (Å²) in [6.07, 6.45) is -0.0813. The molecule has 3 N–H and O–H groups in total. The summed E-state index contributed by atoms with van der Waals surface area (Å²) in [6, 6.07) is 21.0. The maximum atomic E-state index is 13.0. The van der Waals surface area contributed by atoms with E-state index in [2.05, 4.69) is 20.9 Å². The molecule has 2 amide bonds. The molecule has 0 spiro atoms. The van der Waals surface area contributed by atoms with Crippen molar-refractivity contribution >= 4 is 29.1 Å². The molecule has 31 heavy (non-hydrogen) atoms. The molecule has 0 saturated carbocycles. The first kappa shape index (κ1) is 20.1. The van der Waals surface area contributed by atoms with Crippen LogP contribution in [-0.4, -0.2) is 23.8 Å². The fourth-order valence-corrected chi connectivity index (χ4v) is 2.93. The van der Waals surface area contributed by atoms with E-state index in [0.29, 0.717) is 17.1 Å². The van der Waals surface area contributed by atoms with E-state index in [1.165, 1.54) is 24.3 Å². The van der Waals surface area contributed by atoms with Crippen LogP contribution in [0, 0.1) is 5.82 Å². The molecule has 4 rings (SSSR count). The van der Waals surface area contributed by atoms with Crippen molar-refractivity contribution in [1.82, 2.24) is 5.32 Å². The number of carbonyl (C=O) groups excluding carboxylic acids is 2. The normalized spacial score (nSPS) is 15.5. The lowest BCUT2D eigenvalue weighted by Crippen LogP contribution is -2.45. The number of halogens is 1. The van der Waals surface area contributed by atoms with Crippen LogP contribution in [0.5, 0.6) is 11.5 Å². The van der Waals surface area contributed by atoms with Crippen LogP contribution in [-0.2, 0) is 9.59 Å². The molecule has 0 bridgehead atoms. The van der Waals surface area contributed by atoms with E-state index in [0.717, 1.165) is 5.75 Å². The van der Waals surface area contributed by atoms with Gasteiger partial charge in [0, 0.05) is 11.4 Å². The minimum Gasteiger partial charge on any atom is -0.457 e.